The van der Waals surface area contributed by atoms with Gasteiger partial charge >= 0.3 is 0 Å². The maximum absolute atomic E-state index is 11.4. The molecule has 2 aliphatic heterocycles. The van der Waals surface area contributed by atoms with Crippen molar-refractivity contribution in [2.75, 3.05) is 49.5 Å². The van der Waals surface area contributed by atoms with E-state index in [1.165, 1.54) is 5.69 Å². The number of nitrogens with one attached hydrogen (secondary N) is 1. The third-order valence-electron chi connectivity index (χ3n) is 5.11. The number of hydrogen-bond acceptors (Lipinski definition) is 5. The first-order valence-electron chi connectivity index (χ1n) is 9.43. The number of benzene rings is 2. The van der Waals surface area contributed by atoms with Crippen LogP contribution in [0.5, 0.6) is 5.75 Å². The zero-order valence-electron chi connectivity index (χ0n) is 15.3. The van der Waals surface area contributed by atoms with Gasteiger partial charge in [0.2, 0.25) is 5.91 Å². The van der Waals surface area contributed by atoms with Crippen LogP contribution < -0.4 is 15.0 Å². The third kappa shape index (κ3) is 4.40. The van der Waals surface area contributed by atoms with Gasteiger partial charge in [-0.3, -0.25) is 9.69 Å². The van der Waals surface area contributed by atoms with Crippen LogP contribution in [0.1, 0.15) is 5.56 Å². The van der Waals surface area contributed by atoms with E-state index < -0.39 is 6.10 Å². The van der Waals surface area contributed by atoms with Gasteiger partial charge < -0.3 is 20.1 Å². The van der Waals surface area contributed by atoms with Crippen LogP contribution >= 0.6 is 0 Å². The number of carbonyl (C=O) groups excluding carboxylic acids is 1. The number of anilines is 2. The van der Waals surface area contributed by atoms with E-state index in [1.807, 2.05) is 24.3 Å². The Balaban J connectivity index is 1.22. The number of piperazine rings is 1. The molecule has 0 spiro atoms. The highest BCUT2D eigenvalue weighted by atomic mass is 16.5. The Morgan fingerprint density at radius 3 is 2.63 bits per heavy atom. The summed E-state index contributed by atoms with van der Waals surface area (Å²) in [6.45, 7) is 4.64. The van der Waals surface area contributed by atoms with Crippen LogP contribution in [0.15, 0.2) is 48.5 Å². The predicted octanol–water partition coefficient (Wildman–Crippen LogP) is 1.74. The van der Waals surface area contributed by atoms with Crippen molar-refractivity contribution < 1.29 is 14.6 Å². The number of hydrogen-bond donors (Lipinski definition) is 2. The molecule has 1 fully saturated rings. The standard InChI is InChI=1S/C21H25N3O3/c25-18(15-27-19-6-7-20-16(12-19)13-21(26)22-20)14-23-8-10-24(11-9-23)17-4-2-1-3-5-17/h1-7,12,18,25H,8-11,13-15H2,(H,22,26)/t18-/m0/s1. The van der Waals surface area contributed by atoms with Crippen molar-refractivity contribution in [2.45, 2.75) is 12.5 Å². The molecule has 6 nitrogen and oxygen atoms in total. The van der Waals surface area contributed by atoms with Crippen LogP contribution in [-0.4, -0.2) is 61.3 Å². The average Bonchev–Trinajstić information content (AvgIpc) is 3.07. The molecule has 1 amide bonds. The van der Waals surface area contributed by atoms with E-state index >= 15 is 0 Å². The molecular weight excluding hydrogens is 342 g/mol. The number of nitrogens with zero attached hydrogens (tertiary/aromatic N) is 2. The summed E-state index contributed by atoms with van der Waals surface area (Å²) in [5.74, 6) is 0.704. The highest BCUT2D eigenvalue weighted by Crippen LogP contribution is 2.27. The highest BCUT2D eigenvalue weighted by molar-refractivity contribution is 5.99. The summed E-state index contributed by atoms with van der Waals surface area (Å²) in [6.07, 6.45) is -0.151. The van der Waals surface area contributed by atoms with Crippen molar-refractivity contribution in [1.29, 1.82) is 0 Å². The van der Waals surface area contributed by atoms with E-state index in [4.69, 9.17) is 4.74 Å². The number of rotatable bonds is 6. The minimum absolute atomic E-state index is 0.0110. The fourth-order valence-electron chi connectivity index (χ4n) is 3.67. The van der Waals surface area contributed by atoms with E-state index in [2.05, 4.69) is 39.4 Å². The first kappa shape index (κ1) is 17.8. The molecule has 142 valence electrons. The monoisotopic (exact) mass is 367 g/mol. The second-order valence-electron chi connectivity index (χ2n) is 7.13. The molecule has 2 aromatic rings. The zero-order valence-corrected chi connectivity index (χ0v) is 15.3. The smallest absolute Gasteiger partial charge is 0.228 e. The number of aliphatic hydroxyl groups is 1. The molecule has 0 bridgehead atoms. The van der Waals surface area contributed by atoms with Gasteiger partial charge in [-0.1, -0.05) is 18.2 Å². The fraction of sp³-hybridized carbons (Fsp3) is 0.381. The summed E-state index contributed by atoms with van der Waals surface area (Å²) < 4.78 is 5.73. The summed E-state index contributed by atoms with van der Waals surface area (Å²) in [5, 5.41) is 13.1. The summed E-state index contributed by atoms with van der Waals surface area (Å²) in [6, 6.07) is 16.0. The Morgan fingerprint density at radius 2 is 1.85 bits per heavy atom. The Morgan fingerprint density at radius 1 is 1.07 bits per heavy atom. The number of fused-ring (bicyclic) bond motifs is 1. The summed E-state index contributed by atoms with van der Waals surface area (Å²) in [4.78, 5) is 16.1. The second kappa shape index (κ2) is 7.98. The Hall–Kier alpha value is -2.57. The maximum Gasteiger partial charge on any atom is 0.228 e. The van der Waals surface area contributed by atoms with Gasteiger partial charge in [0.1, 0.15) is 18.5 Å². The number of carbonyl (C=O) groups is 1. The van der Waals surface area contributed by atoms with Crippen molar-refractivity contribution in [3.8, 4) is 5.75 Å². The molecule has 0 aliphatic carbocycles. The van der Waals surface area contributed by atoms with Crippen LogP contribution in [0.4, 0.5) is 11.4 Å². The minimum atomic E-state index is -0.540. The molecule has 27 heavy (non-hydrogen) atoms. The molecular formula is C21H25N3O3. The van der Waals surface area contributed by atoms with Crippen molar-refractivity contribution in [1.82, 2.24) is 4.90 Å². The molecule has 2 heterocycles. The van der Waals surface area contributed by atoms with Crippen LogP contribution in [0.2, 0.25) is 0 Å². The fourth-order valence-corrected chi connectivity index (χ4v) is 3.67. The molecule has 1 saturated heterocycles. The van der Waals surface area contributed by atoms with E-state index in [0.717, 1.165) is 37.4 Å². The molecule has 0 radical (unpaired) electrons. The molecule has 2 N–H and O–H groups in total. The normalized spacial score (nSPS) is 18.1. The summed E-state index contributed by atoms with van der Waals surface area (Å²) >= 11 is 0. The van der Waals surface area contributed by atoms with Gasteiger partial charge in [-0.25, -0.2) is 0 Å². The lowest BCUT2D eigenvalue weighted by Gasteiger charge is -2.36. The Bertz CT molecular complexity index is 789. The molecule has 1 atom stereocenters. The number of ether oxygens (including phenoxy) is 1. The number of aliphatic hydroxyl groups excluding tert-OH is 1. The summed E-state index contributed by atoms with van der Waals surface area (Å²) in [5.41, 5.74) is 3.05. The number of β-amino-alcohol motifs (C(OH)–C–C–N with tert-alkyl or cyclic N) is 1. The molecule has 0 aromatic heterocycles. The van der Waals surface area contributed by atoms with E-state index in [-0.39, 0.29) is 12.5 Å². The van der Waals surface area contributed by atoms with Gasteiger partial charge in [-0.05, 0) is 35.9 Å². The van der Waals surface area contributed by atoms with Gasteiger partial charge in [0.15, 0.2) is 0 Å². The van der Waals surface area contributed by atoms with E-state index in [9.17, 15) is 9.90 Å². The van der Waals surface area contributed by atoms with E-state index in [1.54, 1.807) is 0 Å². The first-order valence-corrected chi connectivity index (χ1v) is 9.43. The van der Waals surface area contributed by atoms with Gasteiger partial charge in [0.25, 0.3) is 0 Å². The molecule has 0 unspecified atom stereocenters. The van der Waals surface area contributed by atoms with Gasteiger partial charge in [-0.15, -0.1) is 0 Å². The van der Waals surface area contributed by atoms with Crippen molar-refractivity contribution in [3.63, 3.8) is 0 Å². The molecule has 2 aromatic carbocycles. The van der Waals surface area contributed by atoms with Crippen LogP contribution in [0.3, 0.4) is 0 Å². The molecule has 0 saturated carbocycles. The Kier molecular flexibility index (Phi) is 5.27. The van der Waals surface area contributed by atoms with Crippen molar-refractivity contribution >= 4 is 17.3 Å². The lowest BCUT2D eigenvalue weighted by Crippen LogP contribution is -2.49. The lowest BCUT2D eigenvalue weighted by atomic mass is 10.1. The van der Waals surface area contributed by atoms with E-state index in [0.29, 0.717) is 18.7 Å². The Labute approximate surface area is 159 Å². The third-order valence-corrected chi connectivity index (χ3v) is 5.11. The minimum Gasteiger partial charge on any atom is -0.491 e. The largest absolute Gasteiger partial charge is 0.491 e. The molecule has 6 heteroatoms. The van der Waals surface area contributed by atoms with Crippen molar-refractivity contribution in [2.24, 2.45) is 0 Å². The quantitative estimate of drug-likeness (QED) is 0.814. The molecule has 4 rings (SSSR count). The average molecular weight is 367 g/mol. The zero-order chi connectivity index (χ0) is 18.6. The van der Waals surface area contributed by atoms with Crippen LogP contribution in [0.25, 0.3) is 0 Å². The van der Waals surface area contributed by atoms with Crippen molar-refractivity contribution in [3.05, 3.63) is 54.1 Å². The van der Waals surface area contributed by atoms with Gasteiger partial charge in [0, 0.05) is 44.1 Å². The summed E-state index contributed by atoms with van der Waals surface area (Å²) in [7, 11) is 0. The topological polar surface area (TPSA) is 65.0 Å². The molecule has 2 aliphatic rings. The van der Waals surface area contributed by atoms with Gasteiger partial charge in [-0.2, -0.15) is 0 Å². The van der Waals surface area contributed by atoms with Crippen LogP contribution in [0, 0.1) is 0 Å². The second-order valence-corrected chi connectivity index (χ2v) is 7.13. The highest BCUT2D eigenvalue weighted by Gasteiger charge is 2.21. The first-order chi connectivity index (χ1) is 13.2. The number of amides is 1. The number of para-hydroxylation sites is 1. The lowest BCUT2D eigenvalue weighted by molar-refractivity contribution is -0.115. The maximum atomic E-state index is 11.4. The van der Waals surface area contributed by atoms with Gasteiger partial charge in [0.05, 0.1) is 6.42 Å². The SMILES string of the molecule is O=C1Cc2cc(OC[C@@H](O)CN3CCN(c4ccccc4)CC3)ccc2N1. The predicted molar refractivity (Wildman–Crippen MR) is 105 cm³/mol. The van der Waals surface area contributed by atoms with Crippen LogP contribution in [-0.2, 0) is 11.2 Å².